The first-order valence-electron chi connectivity index (χ1n) is 6.78. The molecule has 0 aromatic heterocycles. The summed E-state index contributed by atoms with van der Waals surface area (Å²) in [6.45, 7) is 5.39. The van der Waals surface area contributed by atoms with Crippen LogP contribution in [0.15, 0.2) is 66.7 Å². The molecule has 0 radical (unpaired) electrons. The molecular formula is C18H17NO3. The van der Waals surface area contributed by atoms with Crippen LogP contribution in [0.1, 0.15) is 17.3 Å². The number of carbonyl (C=O) groups is 2. The predicted molar refractivity (Wildman–Crippen MR) is 86.2 cm³/mol. The van der Waals surface area contributed by atoms with Gasteiger partial charge in [-0.1, -0.05) is 24.8 Å². The second kappa shape index (κ2) is 6.72. The van der Waals surface area contributed by atoms with E-state index in [1.165, 1.54) is 7.11 Å². The molecule has 2 aromatic rings. The molecule has 4 heteroatoms. The number of hydrogen-bond acceptors (Lipinski definition) is 3. The standard InChI is InChI=1S/C18H17NO3/c1-13(2)17(20)19(15-7-5-4-6-8-15)16-11-9-14(10-12-16)18(21)22-3/h4-12H,1H2,2-3H3. The zero-order valence-corrected chi connectivity index (χ0v) is 12.6. The number of para-hydroxylation sites is 1. The van der Waals surface area contributed by atoms with Crippen LogP contribution in [-0.4, -0.2) is 19.0 Å². The molecule has 0 N–H and O–H groups in total. The molecule has 0 saturated carbocycles. The fourth-order valence-electron chi connectivity index (χ4n) is 2.02. The SMILES string of the molecule is C=C(C)C(=O)N(c1ccccc1)c1ccc(C(=O)OC)cc1. The van der Waals surface area contributed by atoms with E-state index in [-0.39, 0.29) is 5.91 Å². The lowest BCUT2D eigenvalue weighted by Gasteiger charge is -2.23. The Hall–Kier alpha value is -2.88. The van der Waals surface area contributed by atoms with Crippen molar-refractivity contribution < 1.29 is 14.3 Å². The molecule has 0 aliphatic rings. The van der Waals surface area contributed by atoms with Gasteiger partial charge in [0.05, 0.1) is 12.7 Å². The molecule has 0 heterocycles. The summed E-state index contributed by atoms with van der Waals surface area (Å²) in [5.41, 5.74) is 2.26. The number of amides is 1. The Morgan fingerprint density at radius 1 is 0.955 bits per heavy atom. The summed E-state index contributed by atoms with van der Waals surface area (Å²) in [5.74, 6) is -0.610. The number of hydrogen-bond donors (Lipinski definition) is 0. The molecule has 2 rings (SSSR count). The highest BCUT2D eigenvalue weighted by Gasteiger charge is 2.18. The van der Waals surface area contributed by atoms with Gasteiger partial charge in [-0.2, -0.15) is 0 Å². The number of methoxy groups -OCH3 is 1. The Kier molecular flexibility index (Phi) is 4.73. The zero-order valence-electron chi connectivity index (χ0n) is 12.6. The highest BCUT2D eigenvalue weighted by atomic mass is 16.5. The van der Waals surface area contributed by atoms with Crippen molar-refractivity contribution in [1.82, 2.24) is 0 Å². The van der Waals surface area contributed by atoms with Crippen LogP contribution in [0.25, 0.3) is 0 Å². The lowest BCUT2D eigenvalue weighted by Crippen LogP contribution is -2.26. The minimum Gasteiger partial charge on any atom is -0.465 e. The topological polar surface area (TPSA) is 46.6 Å². The molecule has 0 aliphatic carbocycles. The first-order valence-corrected chi connectivity index (χ1v) is 6.78. The smallest absolute Gasteiger partial charge is 0.337 e. The Morgan fingerprint density at radius 2 is 1.50 bits per heavy atom. The number of benzene rings is 2. The van der Waals surface area contributed by atoms with E-state index in [9.17, 15) is 9.59 Å². The Labute approximate surface area is 129 Å². The van der Waals surface area contributed by atoms with Gasteiger partial charge in [-0.05, 0) is 43.3 Å². The van der Waals surface area contributed by atoms with Crippen LogP contribution in [0.5, 0.6) is 0 Å². The summed E-state index contributed by atoms with van der Waals surface area (Å²) in [7, 11) is 1.33. The van der Waals surface area contributed by atoms with E-state index in [0.29, 0.717) is 16.8 Å². The normalized spacial score (nSPS) is 9.91. The molecule has 22 heavy (non-hydrogen) atoms. The molecule has 2 aromatic carbocycles. The minimum atomic E-state index is -0.413. The van der Waals surface area contributed by atoms with Crippen molar-refractivity contribution in [2.45, 2.75) is 6.92 Å². The summed E-state index contributed by atoms with van der Waals surface area (Å²) < 4.78 is 4.67. The van der Waals surface area contributed by atoms with Gasteiger partial charge in [-0.25, -0.2) is 4.79 Å². The highest BCUT2D eigenvalue weighted by molar-refractivity contribution is 6.10. The van der Waals surface area contributed by atoms with E-state index >= 15 is 0 Å². The maximum atomic E-state index is 12.5. The van der Waals surface area contributed by atoms with Gasteiger partial charge >= 0.3 is 5.97 Å². The van der Waals surface area contributed by atoms with Gasteiger partial charge in [0.1, 0.15) is 0 Å². The van der Waals surface area contributed by atoms with Crippen molar-refractivity contribution in [2.75, 3.05) is 12.0 Å². The highest BCUT2D eigenvalue weighted by Crippen LogP contribution is 2.27. The maximum absolute atomic E-state index is 12.5. The van der Waals surface area contributed by atoms with E-state index in [4.69, 9.17) is 0 Å². The zero-order chi connectivity index (χ0) is 16.1. The van der Waals surface area contributed by atoms with Crippen molar-refractivity contribution in [3.05, 3.63) is 72.3 Å². The summed E-state index contributed by atoms with van der Waals surface area (Å²) in [5, 5.41) is 0. The predicted octanol–water partition coefficient (Wildman–Crippen LogP) is 3.71. The van der Waals surface area contributed by atoms with Gasteiger partial charge in [0.25, 0.3) is 5.91 Å². The lowest BCUT2D eigenvalue weighted by molar-refractivity contribution is -0.114. The van der Waals surface area contributed by atoms with Crippen molar-refractivity contribution in [1.29, 1.82) is 0 Å². The third-order valence-electron chi connectivity index (χ3n) is 3.13. The number of esters is 1. The van der Waals surface area contributed by atoms with Crippen LogP contribution < -0.4 is 4.90 Å². The van der Waals surface area contributed by atoms with Crippen LogP contribution in [0.2, 0.25) is 0 Å². The summed E-state index contributed by atoms with van der Waals surface area (Å²) in [6, 6.07) is 16.0. The van der Waals surface area contributed by atoms with Gasteiger partial charge in [0.15, 0.2) is 0 Å². The third-order valence-corrected chi connectivity index (χ3v) is 3.13. The maximum Gasteiger partial charge on any atom is 0.337 e. The third kappa shape index (κ3) is 3.23. The number of nitrogens with zero attached hydrogens (tertiary/aromatic N) is 1. The van der Waals surface area contributed by atoms with E-state index < -0.39 is 5.97 Å². The molecule has 1 amide bonds. The fraction of sp³-hybridized carbons (Fsp3) is 0.111. The quantitative estimate of drug-likeness (QED) is 0.638. The first kappa shape index (κ1) is 15.5. The molecule has 0 bridgehead atoms. The lowest BCUT2D eigenvalue weighted by atomic mass is 10.1. The number of ether oxygens (including phenoxy) is 1. The monoisotopic (exact) mass is 295 g/mol. The van der Waals surface area contributed by atoms with Gasteiger partial charge in [-0.15, -0.1) is 0 Å². The van der Waals surface area contributed by atoms with Gasteiger partial charge in [0.2, 0.25) is 0 Å². The average molecular weight is 295 g/mol. The van der Waals surface area contributed by atoms with Crippen LogP contribution in [0, 0.1) is 0 Å². The molecule has 112 valence electrons. The van der Waals surface area contributed by atoms with Crippen LogP contribution in [0.3, 0.4) is 0 Å². The molecule has 0 saturated heterocycles. The van der Waals surface area contributed by atoms with Crippen LogP contribution >= 0.6 is 0 Å². The molecule has 0 aliphatic heterocycles. The first-order chi connectivity index (χ1) is 10.5. The van der Waals surface area contributed by atoms with E-state index in [1.54, 1.807) is 36.1 Å². The summed E-state index contributed by atoms with van der Waals surface area (Å²) in [6.07, 6.45) is 0. The molecule has 0 atom stereocenters. The number of rotatable bonds is 4. The van der Waals surface area contributed by atoms with Crippen LogP contribution in [0.4, 0.5) is 11.4 Å². The molecule has 0 spiro atoms. The van der Waals surface area contributed by atoms with E-state index in [2.05, 4.69) is 11.3 Å². The molecule has 0 unspecified atom stereocenters. The number of carbonyl (C=O) groups excluding carboxylic acids is 2. The van der Waals surface area contributed by atoms with Crippen molar-refractivity contribution >= 4 is 23.3 Å². The van der Waals surface area contributed by atoms with E-state index in [0.717, 1.165) is 5.69 Å². The van der Waals surface area contributed by atoms with Gasteiger partial charge < -0.3 is 4.74 Å². The Bertz CT molecular complexity index is 690. The fourth-order valence-corrected chi connectivity index (χ4v) is 2.02. The number of anilines is 2. The van der Waals surface area contributed by atoms with Crippen molar-refractivity contribution in [3.63, 3.8) is 0 Å². The second-order valence-electron chi connectivity index (χ2n) is 4.79. The molecular weight excluding hydrogens is 278 g/mol. The molecule has 0 fully saturated rings. The molecule has 4 nitrogen and oxygen atoms in total. The minimum absolute atomic E-state index is 0.197. The average Bonchev–Trinajstić information content (AvgIpc) is 2.56. The Morgan fingerprint density at radius 3 is 2.00 bits per heavy atom. The van der Waals surface area contributed by atoms with Gasteiger partial charge in [-0.3, -0.25) is 9.69 Å². The summed E-state index contributed by atoms with van der Waals surface area (Å²) in [4.78, 5) is 25.5. The van der Waals surface area contributed by atoms with Crippen molar-refractivity contribution in [3.8, 4) is 0 Å². The van der Waals surface area contributed by atoms with Crippen molar-refractivity contribution in [2.24, 2.45) is 0 Å². The van der Waals surface area contributed by atoms with Crippen LogP contribution in [-0.2, 0) is 9.53 Å². The Balaban J connectivity index is 2.44. The second-order valence-corrected chi connectivity index (χ2v) is 4.79. The van der Waals surface area contributed by atoms with E-state index in [1.807, 2.05) is 30.3 Å². The summed E-state index contributed by atoms with van der Waals surface area (Å²) >= 11 is 0. The largest absolute Gasteiger partial charge is 0.465 e. The van der Waals surface area contributed by atoms with Gasteiger partial charge in [0, 0.05) is 16.9 Å².